The van der Waals surface area contributed by atoms with Gasteiger partial charge in [0.05, 0.1) is 24.5 Å². The summed E-state index contributed by atoms with van der Waals surface area (Å²) in [6, 6.07) is 2.89. The molecule has 3 heterocycles. The van der Waals surface area contributed by atoms with Crippen LogP contribution < -0.4 is 5.56 Å². The number of esters is 1. The first kappa shape index (κ1) is 19.4. The number of aryl methyl sites for hydroxylation is 2. The van der Waals surface area contributed by atoms with E-state index in [0.29, 0.717) is 34.8 Å². The van der Waals surface area contributed by atoms with Crippen molar-refractivity contribution < 1.29 is 23.8 Å². The molecule has 0 saturated carbocycles. The number of furan rings is 1. The van der Waals surface area contributed by atoms with E-state index in [2.05, 4.69) is 4.98 Å². The zero-order chi connectivity index (χ0) is 20.7. The number of carbonyl (C=O) groups excluding carboxylic acids is 1. The van der Waals surface area contributed by atoms with Crippen LogP contribution in [0, 0.1) is 6.92 Å². The first-order valence-corrected chi connectivity index (χ1v) is 10.2. The normalized spacial score (nSPS) is 16.0. The first-order valence-electron chi connectivity index (χ1n) is 9.42. The Morgan fingerprint density at radius 2 is 2.21 bits per heavy atom. The minimum absolute atomic E-state index is 0.0651. The lowest BCUT2D eigenvalue weighted by molar-refractivity contribution is -0.145. The van der Waals surface area contributed by atoms with Crippen molar-refractivity contribution in [1.82, 2.24) is 9.55 Å². The first-order chi connectivity index (χ1) is 13.9. The lowest BCUT2D eigenvalue weighted by Crippen LogP contribution is -2.26. The third kappa shape index (κ3) is 3.35. The third-order valence-electron chi connectivity index (χ3n) is 5.12. The number of ether oxygens (including phenoxy) is 1. The van der Waals surface area contributed by atoms with Crippen LogP contribution in [0.1, 0.15) is 58.3 Å². The topological polar surface area (TPSA) is 112 Å². The largest absolute Gasteiger partial charge is 0.475 e. The maximum absolute atomic E-state index is 13.4. The minimum atomic E-state index is -1.17. The van der Waals surface area contributed by atoms with Crippen LogP contribution in [0.2, 0.25) is 0 Å². The molecule has 1 aliphatic rings. The summed E-state index contributed by atoms with van der Waals surface area (Å²) in [5.41, 5.74) is 0.487. The fourth-order valence-electron chi connectivity index (χ4n) is 3.82. The molecule has 3 aromatic heterocycles. The van der Waals surface area contributed by atoms with Crippen molar-refractivity contribution in [2.24, 2.45) is 0 Å². The number of carboxylic acid groups (broad SMARTS) is 1. The van der Waals surface area contributed by atoms with Crippen LogP contribution in [0.15, 0.2) is 21.3 Å². The molecular formula is C20H20N2O6S. The molecule has 0 saturated heterocycles. The second-order valence-corrected chi connectivity index (χ2v) is 8.02. The van der Waals surface area contributed by atoms with E-state index in [1.165, 1.54) is 28.0 Å². The molecule has 0 aliphatic heterocycles. The van der Waals surface area contributed by atoms with Crippen LogP contribution >= 0.6 is 11.3 Å². The van der Waals surface area contributed by atoms with Crippen LogP contribution in [0.5, 0.6) is 0 Å². The molecule has 1 N–H and O–H groups in total. The van der Waals surface area contributed by atoms with Gasteiger partial charge in [-0.25, -0.2) is 9.78 Å². The van der Waals surface area contributed by atoms with E-state index in [1.54, 1.807) is 13.8 Å². The van der Waals surface area contributed by atoms with Crippen LogP contribution in [-0.2, 0) is 22.5 Å². The summed E-state index contributed by atoms with van der Waals surface area (Å²) >= 11 is 1.46. The molecule has 152 valence electrons. The van der Waals surface area contributed by atoms with Crippen molar-refractivity contribution in [2.75, 3.05) is 6.61 Å². The standard InChI is InChI=1S/C20H20N2O6S/c1-3-27-20(26)12-5-4-6-14-15(12)16-17(29-14)21-10(2)22(18(16)23)9-11-7-8-13(28-11)19(24)25/h7-8,12H,3-6,9H2,1-2H3,(H,24,25). The molecular weight excluding hydrogens is 396 g/mol. The highest BCUT2D eigenvalue weighted by atomic mass is 32.1. The number of hydrogen-bond donors (Lipinski definition) is 1. The van der Waals surface area contributed by atoms with Gasteiger partial charge in [0.15, 0.2) is 0 Å². The molecule has 1 unspecified atom stereocenters. The van der Waals surface area contributed by atoms with Gasteiger partial charge in [0.2, 0.25) is 5.76 Å². The molecule has 1 aliphatic carbocycles. The fourth-order valence-corrected chi connectivity index (χ4v) is 5.13. The number of fused-ring (bicyclic) bond motifs is 3. The van der Waals surface area contributed by atoms with E-state index < -0.39 is 11.9 Å². The fraction of sp³-hybridized carbons (Fsp3) is 0.400. The van der Waals surface area contributed by atoms with Gasteiger partial charge in [-0.1, -0.05) is 0 Å². The Kier molecular flexibility index (Phi) is 4.99. The van der Waals surface area contributed by atoms with Gasteiger partial charge >= 0.3 is 11.9 Å². The predicted molar refractivity (Wildman–Crippen MR) is 106 cm³/mol. The van der Waals surface area contributed by atoms with Crippen molar-refractivity contribution in [3.05, 3.63) is 50.3 Å². The lowest BCUT2D eigenvalue weighted by Gasteiger charge is -2.21. The highest BCUT2D eigenvalue weighted by Crippen LogP contribution is 2.41. The Labute approximate surface area is 169 Å². The number of hydrogen-bond acceptors (Lipinski definition) is 7. The average molecular weight is 416 g/mol. The minimum Gasteiger partial charge on any atom is -0.475 e. The highest BCUT2D eigenvalue weighted by Gasteiger charge is 2.33. The van der Waals surface area contributed by atoms with Crippen LogP contribution in [-0.4, -0.2) is 33.2 Å². The Bertz CT molecular complexity index is 1170. The maximum Gasteiger partial charge on any atom is 0.371 e. The van der Waals surface area contributed by atoms with Gasteiger partial charge in [0.25, 0.3) is 5.56 Å². The van der Waals surface area contributed by atoms with E-state index in [0.717, 1.165) is 23.3 Å². The van der Waals surface area contributed by atoms with Gasteiger partial charge in [-0.05, 0) is 50.8 Å². The van der Waals surface area contributed by atoms with E-state index in [-0.39, 0.29) is 23.8 Å². The zero-order valence-corrected chi connectivity index (χ0v) is 16.9. The summed E-state index contributed by atoms with van der Waals surface area (Å²) in [6.07, 6.45) is 2.32. The Morgan fingerprint density at radius 1 is 1.41 bits per heavy atom. The summed E-state index contributed by atoms with van der Waals surface area (Å²) in [6.45, 7) is 3.84. The van der Waals surface area contributed by atoms with Crippen molar-refractivity contribution in [3.8, 4) is 0 Å². The number of carbonyl (C=O) groups is 2. The number of aromatic carboxylic acids is 1. The second-order valence-electron chi connectivity index (χ2n) is 6.94. The van der Waals surface area contributed by atoms with Crippen LogP contribution in [0.3, 0.4) is 0 Å². The average Bonchev–Trinajstić information content (AvgIpc) is 3.29. The summed E-state index contributed by atoms with van der Waals surface area (Å²) < 4.78 is 12.0. The number of aromatic nitrogens is 2. The second kappa shape index (κ2) is 7.47. The summed E-state index contributed by atoms with van der Waals surface area (Å²) in [4.78, 5) is 43.1. The summed E-state index contributed by atoms with van der Waals surface area (Å²) in [5, 5.41) is 9.48. The third-order valence-corrected chi connectivity index (χ3v) is 6.28. The number of nitrogens with zero attached hydrogens (tertiary/aromatic N) is 2. The molecule has 4 rings (SSSR count). The maximum atomic E-state index is 13.4. The Hall–Kier alpha value is -2.94. The van der Waals surface area contributed by atoms with E-state index in [1.807, 2.05) is 0 Å². The molecule has 1 atom stereocenters. The molecule has 8 nitrogen and oxygen atoms in total. The van der Waals surface area contributed by atoms with Crippen molar-refractivity contribution in [1.29, 1.82) is 0 Å². The van der Waals surface area contributed by atoms with Gasteiger partial charge in [-0.15, -0.1) is 11.3 Å². The van der Waals surface area contributed by atoms with Crippen LogP contribution in [0.25, 0.3) is 10.2 Å². The quantitative estimate of drug-likeness (QED) is 0.636. The molecule has 3 aromatic rings. The Morgan fingerprint density at radius 3 is 2.90 bits per heavy atom. The molecule has 0 amide bonds. The molecule has 0 fully saturated rings. The zero-order valence-electron chi connectivity index (χ0n) is 16.1. The van der Waals surface area contributed by atoms with Gasteiger partial charge in [0, 0.05) is 4.88 Å². The molecule has 0 bridgehead atoms. The Balaban J connectivity index is 1.83. The summed E-state index contributed by atoms with van der Waals surface area (Å²) in [7, 11) is 0. The van der Waals surface area contributed by atoms with Gasteiger partial charge in [0.1, 0.15) is 16.4 Å². The molecule has 9 heteroatoms. The van der Waals surface area contributed by atoms with Crippen molar-refractivity contribution >= 4 is 33.5 Å². The molecule has 29 heavy (non-hydrogen) atoms. The van der Waals surface area contributed by atoms with Gasteiger partial charge in [-0.3, -0.25) is 14.2 Å². The van der Waals surface area contributed by atoms with Crippen LogP contribution in [0.4, 0.5) is 0 Å². The number of thiophene rings is 1. The van der Waals surface area contributed by atoms with Gasteiger partial charge < -0.3 is 14.3 Å². The molecule has 0 aromatic carbocycles. The highest BCUT2D eigenvalue weighted by molar-refractivity contribution is 7.18. The van der Waals surface area contributed by atoms with E-state index in [9.17, 15) is 14.4 Å². The smallest absolute Gasteiger partial charge is 0.371 e. The van der Waals surface area contributed by atoms with Crippen molar-refractivity contribution in [3.63, 3.8) is 0 Å². The van der Waals surface area contributed by atoms with E-state index >= 15 is 0 Å². The van der Waals surface area contributed by atoms with Gasteiger partial charge in [-0.2, -0.15) is 0 Å². The SMILES string of the molecule is CCOC(=O)C1CCCc2sc3nc(C)n(Cc4ccc(C(=O)O)o4)c(=O)c3c21. The predicted octanol–water partition coefficient (Wildman–Crippen LogP) is 3.09. The van der Waals surface area contributed by atoms with Crippen molar-refractivity contribution in [2.45, 2.75) is 45.6 Å². The van der Waals surface area contributed by atoms with E-state index in [4.69, 9.17) is 14.3 Å². The molecule has 0 radical (unpaired) electrons. The monoisotopic (exact) mass is 416 g/mol. The summed E-state index contributed by atoms with van der Waals surface area (Å²) in [5.74, 6) is -1.27. The molecule has 0 spiro atoms. The number of rotatable bonds is 5. The number of carboxylic acids is 1. The lowest BCUT2D eigenvalue weighted by atomic mass is 9.86.